The van der Waals surface area contributed by atoms with E-state index in [0.29, 0.717) is 18.8 Å². The molecule has 0 aliphatic carbocycles. The number of Topliss-reactive ketones (excluding diaryl/α,β-unsaturated/α-hetero) is 1. The van der Waals surface area contributed by atoms with E-state index in [9.17, 15) is 18.0 Å². The van der Waals surface area contributed by atoms with Crippen molar-refractivity contribution in [2.75, 3.05) is 11.4 Å². The molecule has 6 heteroatoms. The van der Waals surface area contributed by atoms with Crippen LogP contribution in [0.15, 0.2) is 30.3 Å². The first-order valence-electron chi connectivity index (χ1n) is 10.1. The van der Waals surface area contributed by atoms with E-state index in [1.54, 1.807) is 6.07 Å². The fourth-order valence-electron chi connectivity index (χ4n) is 3.99. The number of hydrogen-bond acceptors (Lipinski definition) is 2. The maximum absolute atomic E-state index is 13.9. The first-order valence-corrected chi connectivity index (χ1v) is 10.5. The van der Waals surface area contributed by atoms with Gasteiger partial charge in [0, 0.05) is 36.6 Å². The predicted octanol–water partition coefficient (Wildman–Crippen LogP) is 6.78. The molecule has 0 N–H and O–H groups in total. The van der Waals surface area contributed by atoms with Crippen molar-refractivity contribution < 1.29 is 18.0 Å². The molecule has 0 saturated carbocycles. The van der Waals surface area contributed by atoms with Crippen LogP contribution >= 0.6 is 11.6 Å². The summed E-state index contributed by atoms with van der Waals surface area (Å²) < 4.78 is 41.6. The lowest BCUT2D eigenvalue weighted by atomic mass is 9.87. The second kappa shape index (κ2) is 8.26. The molecule has 1 aliphatic rings. The largest absolute Gasteiger partial charge is 0.416 e. The van der Waals surface area contributed by atoms with Crippen LogP contribution in [0.4, 0.5) is 18.9 Å². The van der Waals surface area contributed by atoms with Gasteiger partial charge in [-0.15, -0.1) is 0 Å². The molecular weight excluding hydrogens is 411 g/mol. The van der Waals surface area contributed by atoms with Gasteiger partial charge in [0.25, 0.3) is 0 Å². The molecule has 0 radical (unpaired) electrons. The summed E-state index contributed by atoms with van der Waals surface area (Å²) in [5.41, 5.74) is 2.72. The van der Waals surface area contributed by atoms with Crippen LogP contribution in [0.5, 0.6) is 0 Å². The van der Waals surface area contributed by atoms with Gasteiger partial charge in [0.1, 0.15) is 5.78 Å². The Morgan fingerprint density at radius 3 is 2.43 bits per heavy atom. The first-order chi connectivity index (χ1) is 13.8. The van der Waals surface area contributed by atoms with E-state index in [0.717, 1.165) is 18.1 Å². The summed E-state index contributed by atoms with van der Waals surface area (Å²) in [6, 6.07) is 8.88. The van der Waals surface area contributed by atoms with Crippen molar-refractivity contribution in [2.45, 2.75) is 59.7 Å². The molecule has 30 heavy (non-hydrogen) atoms. The summed E-state index contributed by atoms with van der Waals surface area (Å²) in [4.78, 5) is 14.3. The Hall–Kier alpha value is -2.01. The summed E-state index contributed by atoms with van der Waals surface area (Å²) in [5, 5.41) is -0.00297. The van der Waals surface area contributed by atoms with Gasteiger partial charge in [-0.05, 0) is 47.6 Å². The van der Waals surface area contributed by atoms with E-state index in [4.69, 9.17) is 11.6 Å². The predicted molar refractivity (Wildman–Crippen MR) is 115 cm³/mol. The van der Waals surface area contributed by atoms with Crippen LogP contribution in [0.2, 0.25) is 5.02 Å². The Morgan fingerprint density at radius 2 is 1.80 bits per heavy atom. The lowest BCUT2D eigenvalue weighted by Gasteiger charge is -2.32. The smallest absolute Gasteiger partial charge is 0.367 e. The lowest BCUT2D eigenvalue weighted by Crippen LogP contribution is -2.31. The highest BCUT2D eigenvalue weighted by Crippen LogP contribution is 2.40. The fourth-order valence-corrected chi connectivity index (χ4v) is 4.27. The molecule has 162 valence electrons. The number of benzene rings is 2. The second-order valence-corrected chi connectivity index (χ2v) is 9.76. The third kappa shape index (κ3) is 5.37. The molecule has 2 aromatic rings. The van der Waals surface area contributed by atoms with Gasteiger partial charge in [-0.3, -0.25) is 4.79 Å². The summed E-state index contributed by atoms with van der Waals surface area (Å²) in [5.74, 6) is -0.245. The van der Waals surface area contributed by atoms with Crippen LogP contribution in [0.25, 0.3) is 0 Å². The fraction of sp³-hybridized carbons (Fsp3) is 0.458. The van der Waals surface area contributed by atoms with E-state index < -0.39 is 11.7 Å². The van der Waals surface area contributed by atoms with Crippen LogP contribution in [-0.2, 0) is 30.4 Å². The van der Waals surface area contributed by atoms with Crippen molar-refractivity contribution in [1.29, 1.82) is 0 Å². The molecule has 2 aromatic carbocycles. The zero-order valence-corrected chi connectivity index (χ0v) is 18.5. The van der Waals surface area contributed by atoms with Gasteiger partial charge in [-0.1, -0.05) is 56.1 Å². The molecule has 0 aromatic heterocycles. The zero-order chi connectivity index (χ0) is 22.3. The third-order valence-corrected chi connectivity index (χ3v) is 5.66. The van der Waals surface area contributed by atoms with Crippen molar-refractivity contribution in [1.82, 2.24) is 0 Å². The Balaban J connectivity index is 1.93. The molecule has 0 saturated heterocycles. The summed E-state index contributed by atoms with van der Waals surface area (Å²) in [6.45, 7) is 8.83. The summed E-state index contributed by atoms with van der Waals surface area (Å²) in [7, 11) is 0. The van der Waals surface area contributed by atoms with E-state index >= 15 is 0 Å². The number of fused-ring (bicyclic) bond motifs is 1. The Kier molecular flexibility index (Phi) is 6.24. The van der Waals surface area contributed by atoms with Crippen LogP contribution in [0, 0.1) is 12.3 Å². The minimum Gasteiger partial charge on any atom is -0.367 e. The highest BCUT2D eigenvalue weighted by atomic mass is 35.5. The van der Waals surface area contributed by atoms with Crippen molar-refractivity contribution in [3.05, 3.63) is 63.2 Å². The first kappa shape index (κ1) is 22.7. The number of hydrogen-bond donors (Lipinski definition) is 0. The van der Waals surface area contributed by atoms with Gasteiger partial charge in [-0.2, -0.15) is 13.2 Å². The Labute approximate surface area is 181 Å². The highest BCUT2D eigenvalue weighted by molar-refractivity contribution is 6.32. The van der Waals surface area contributed by atoms with E-state index in [-0.39, 0.29) is 34.6 Å². The van der Waals surface area contributed by atoms with Crippen LogP contribution in [-0.4, -0.2) is 12.3 Å². The van der Waals surface area contributed by atoms with Crippen molar-refractivity contribution >= 4 is 23.1 Å². The minimum atomic E-state index is -4.58. The Morgan fingerprint density at radius 1 is 1.10 bits per heavy atom. The molecule has 0 amide bonds. The quantitative estimate of drug-likeness (QED) is 0.525. The Bertz CT molecular complexity index is 960. The molecule has 0 atom stereocenters. The number of aryl methyl sites for hydroxylation is 1. The standard InChI is InChI=1S/C24H27ClF3NO/c1-15-5-6-17-14-29(8-7-16(17)9-15)18-10-21(24(26,27)28)20(22(25)11-18)12-19(30)13-23(2,3)4/h5-6,9-11H,7-8,12-14H2,1-4H3. The second-order valence-electron chi connectivity index (χ2n) is 9.35. The van der Waals surface area contributed by atoms with E-state index in [1.807, 2.05) is 44.7 Å². The molecule has 0 fully saturated rings. The lowest BCUT2D eigenvalue weighted by molar-refractivity contribution is -0.138. The number of ketones is 1. The van der Waals surface area contributed by atoms with Crippen molar-refractivity contribution in [3.63, 3.8) is 0 Å². The number of alkyl halides is 3. The van der Waals surface area contributed by atoms with Crippen LogP contribution in [0.1, 0.15) is 55.0 Å². The van der Waals surface area contributed by atoms with Gasteiger partial charge < -0.3 is 4.90 Å². The van der Waals surface area contributed by atoms with Gasteiger partial charge >= 0.3 is 6.18 Å². The molecule has 0 spiro atoms. The summed E-state index contributed by atoms with van der Waals surface area (Å²) in [6.07, 6.45) is -3.93. The van der Waals surface area contributed by atoms with Gasteiger partial charge in [0.2, 0.25) is 0 Å². The number of carbonyl (C=O) groups excluding carboxylic acids is 1. The SMILES string of the molecule is Cc1ccc2c(c1)CCN(c1cc(Cl)c(CC(=O)CC(C)(C)C)c(C(F)(F)F)c1)C2. The number of rotatable bonds is 4. The van der Waals surface area contributed by atoms with Gasteiger partial charge in [0.15, 0.2) is 0 Å². The van der Waals surface area contributed by atoms with Crippen molar-refractivity contribution in [3.8, 4) is 0 Å². The number of anilines is 1. The number of carbonyl (C=O) groups is 1. The van der Waals surface area contributed by atoms with Crippen LogP contribution < -0.4 is 4.90 Å². The normalized spacial score (nSPS) is 14.6. The molecule has 2 nitrogen and oxygen atoms in total. The van der Waals surface area contributed by atoms with E-state index in [2.05, 4.69) is 6.07 Å². The molecule has 1 heterocycles. The van der Waals surface area contributed by atoms with Gasteiger partial charge in [0.05, 0.1) is 5.56 Å². The average Bonchev–Trinajstić information content (AvgIpc) is 2.60. The minimum absolute atomic E-state index is 0.00297. The monoisotopic (exact) mass is 437 g/mol. The van der Waals surface area contributed by atoms with Gasteiger partial charge in [-0.25, -0.2) is 0 Å². The average molecular weight is 438 g/mol. The third-order valence-electron chi connectivity index (χ3n) is 5.33. The van der Waals surface area contributed by atoms with Crippen LogP contribution in [0.3, 0.4) is 0 Å². The molecule has 1 aliphatic heterocycles. The topological polar surface area (TPSA) is 20.3 Å². The number of nitrogens with zero attached hydrogens (tertiary/aromatic N) is 1. The molecular formula is C24H27ClF3NO. The maximum Gasteiger partial charge on any atom is 0.416 e. The number of halogens is 4. The summed E-state index contributed by atoms with van der Waals surface area (Å²) >= 11 is 6.32. The highest BCUT2D eigenvalue weighted by Gasteiger charge is 2.36. The van der Waals surface area contributed by atoms with Crippen molar-refractivity contribution in [2.24, 2.45) is 5.41 Å². The van der Waals surface area contributed by atoms with E-state index in [1.165, 1.54) is 11.1 Å². The molecule has 3 rings (SSSR count). The molecule has 0 unspecified atom stereocenters. The maximum atomic E-state index is 13.9. The molecule has 0 bridgehead atoms. The zero-order valence-electron chi connectivity index (χ0n) is 17.8.